The second kappa shape index (κ2) is 7.03. The third-order valence-electron chi connectivity index (χ3n) is 2.67. The quantitative estimate of drug-likeness (QED) is 0.661. The number of rotatable bonds is 4. The fourth-order valence-corrected chi connectivity index (χ4v) is 1.55. The van der Waals surface area contributed by atoms with Gasteiger partial charge in [0, 0.05) is 24.7 Å². The van der Waals surface area contributed by atoms with Gasteiger partial charge in [-0.15, -0.1) is 5.10 Å². The Morgan fingerprint density at radius 2 is 2.00 bits per heavy atom. The second-order valence-corrected chi connectivity index (χ2v) is 5.42. The molecule has 0 amide bonds. The van der Waals surface area contributed by atoms with E-state index in [0.717, 1.165) is 23.9 Å². The number of carboxylic acids is 1. The number of aliphatic carboxylic acids is 1. The zero-order chi connectivity index (χ0) is 16.9. The molecule has 0 aliphatic carbocycles. The molecule has 0 unspecified atom stereocenters. The van der Waals surface area contributed by atoms with Crippen LogP contribution in [-0.4, -0.2) is 31.5 Å². The zero-order valence-corrected chi connectivity index (χ0v) is 13.4. The lowest BCUT2D eigenvalue weighted by atomic mass is 10.1. The van der Waals surface area contributed by atoms with E-state index >= 15 is 0 Å². The predicted octanol–water partition coefficient (Wildman–Crippen LogP) is 1.31. The number of carbonyl (C=O) groups is 1. The SMILES string of the molecule is CC(=O)O.Cc1n[nH]c(C)c1CNc1nnc(C(C)(C)N)o1. The Kier molecular flexibility index (Phi) is 5.63. The van der Waals surface area contributed by atoms with Crippen LogP contribution in [0.4, 0.5) is 6.01 Å². The summed E-state index contributed by atoms with van der Waals surface area (Å²) in [6.07, 6.45) is 0. The largest absolute Gasteiger partial charge is 0.481 e. The summed E-state index contributed by atoms with van der Waals surface area (Å²) in [4.78, 5) is 9.00. The molecule has 9 nitrogen and oxygen atoms in total. The van der Waals surface area contributed by atoms with Crippen LogP contribution in [0.15, 0.2) is 4.42 Å². The number of aryl methyl sites for hydroxylation is 2. The Morgan fingerprint density at radius 3 is 2.41 bits per heavy atom. The van der Waals surface area contributed by atoms with Crippen LogP contribution >= 0.6 is 0 Å². The number of nitrogens with two attached hydrogens (primary N) is 1. The van der Waals surface area contributed by atoms with Crippen molar-refractivity contribution in [2.45, 2.75) is 46.7 Å². The highest BCUT2D eigenvalue weighted by Gasteiger charge is 2.22. The molecule has 2 aromatic heterocycles. The van der Waals surface area contributed by atoms with E-state index in [4.69, 9.17) is 20.1 Å². The molecule has 0 saturated heterocycles. The number of aromatic amines is 1. The lowest BCUT2D eigenvalue weighted by molar-refractivity contribution is -0.134. The summed E-state index contributed by atoms with van der Waals surface area (Å²) in [5.74, 6) is -0.425. The van der Waals surface area contributed by atoms with Crippen molar-refractivity contribution >= 4 is 12.0 Å². The van der Waals surface area contributed by atoms with Gasteiger partial charge in [-0.2, -0.15) is 5.10 Å². The smallest absolute Gasteiger partial charge is 0.315 e. The van der Waals surface area contributed by atoms with Crippen molar-refractivity contribution in [1.29, 1.82) is 0 Å². The molecule has 0 aliphatic rings. The molecule has 2 rings (SSSR count). The van der Waals surface area contributed by atoms with Crippen LogP contribution < -0.4 is 11.1 Å². The fraction of sp³-hybridized carbons (Fsp3) is 0.538. The van der Waals surface area contributed by atoms with Crippen LogP contribution in [0.5, 0.6) is 0 Å². The highest BCUT2D eigenvalue weighted by molar-refractivity contribution is 5.62. The number of carboxylic acid groups (broad SMARTS) is 1. The number of hydrogen-bond acceptors (Lipinski definition) is 7. The third kappa shape index (κ3) is 5.17. The van der Waals surface area contributed by atoms with Crippen molar-refractivity contribution < 1.29 is 14.3 Å². The first-order valence-electron chi connectivity index (χ1n) is 6.68. The minimum atomic E-state index is -0.833. The molecule has 9 heteroatoms. The summed E-state index contributed by atoms with van der Waals surface area (Å²) in [7, 11) is 0. The van der Waals surface area contributed by atoms with E-state index in [2.05, 4.69) is 25.7 Å². The average Bonchev–Trinajstić information content (AvgIpc) is 2.94. The first kappa shape index (κ1) is 17.6. The molecule has 0 radical (unpaired) electrons. The Hall–Kier alpha value is -2.42. The molecule has 22 heavy (non-hydrogen) atoms. The topological polar surface area (TPSA) is 143 Å². The van der Waals surface area contributed by atoms with E-state index in [9.17, 15) is 0 Å². The van der Waals surface area contributed by atoms with Crippen LogP contribution in [-0.2, 0) is 16.9 Å². The van der Waals surface area contributed by atoms with Gasteiger partial charge in [0.1, 0.15) is 0 Å². The van der Waals surface area contributed by atoms with Crippen molar-refractivity contribution in [3.05, 3.63) is 22.8 Å². The molecule has 0 bridgehead atoms. The van der Waals surface area contributed by atoms with Crippen molar-refractivity contribution in [2.75, 3.05) is 5.32 Å². The van der Waals surface area contributed by atoms with Gasteiger partial charge >= 0.3 is 6.01 Å². The van der Waals surface area contributed by atoms with Gasteiger partial charge in [-0.25, -0.2) is 0 Å². The number of aromatic nitrogens is 4. The number of H-pyrrole nitrogens is 1. The summed E-state index contributed by atoms with van der Waals surface area (Å²) in [5, 5.41) is 25.3. The first-order valence-corrected chi connectivity index (χ1v) is 6.68. The summed E-state index contributed by atoms with van der Waals surface area (Å²) in [5.41, 5.74) is 8.32. The number of hydrogen-bond donors (Lipinski definition) is 4. The maximum Gasteiger partial charge on any atom is 0.315 e. The van der Waals surface area contributed by atoms with Gasteiger partial charge in [-0.1, -0.05) is 5.10 Å². The Labute approximate surface area is 128 Å². The van der Waals surface area contributed by atoms with Crippen molar-refractivity contribution in [2.24, 2.45) is 5.73 Å². The average molecular weight is 310 g/mol. The van der Waals surface area contributed by atoms with E-state index in [-0.39, 0.29) is 0 Å². The van der Waals surface area contributed by atoms with Gasteiger partial charge in [-0.3, -0.25) is 9.89 Å². The van der Waals surface area contributed by atoms with Crippen LogP contribution in [0.25, 0.3) is 0 Å². The zero-order valence-electron chi connectivity index (χ0n) is 13.4. The summed E-state index contributed by atoms with van der Waals surface area (Å²) in [6, 6.07) is 0.364. The minimum absolute atomic E-state index is 0.364. The first-order chi connectivity index (χ1) is 10.1. The monoisotopic (exact) mass is 310 g/mol. The van der Waals surface area contributed by atoms with E-state index in [1.54, 1.807) is 0 Å². The second-order valence-electron chi connectivity index (χ2n) is 5.42. The van der Waals surface area contributed by atoms with Crippen molar-refractivity contribution in [1.82, 2.24) is 20.4 Å². The maximum absolute atomic E-state index is 9.00. The number of nitrogens with one attached hydrogen (secondary N) is 2. The summed E-state index contributed by atoms with van der Waals surface area (Å²) >= 11 is 0. The molecule has 0 spiro atoms. The van der Waals surface area contributed by atoms with E-state index in [0.29, 0.717) is 18.5 Å². The van der Waals surface area contributed by atoms with E-state index < -0.39 is 11.5 Å². The van der Waals surface area contributed by atoms with E-state index in [1.807, 2.05) is 27.7 Å². The van der Waals surface area contributed by atoms with Gasteiger partial charge in [-0.05, 0) is 27.7 Å². The molecule has 0 fully saturated rings. The maximum atomic E-state index is 9.00. The highest BCUT2D eigenvalue weighted by Crippen LogP contribution is 2.18. The van der Waals surface area contributed by atoms with Crippen molar-refractivity contribution in [3.8, 4) is 0 Å². The van der Waals surface area contributed by atoms with Crippen molar-refractivity contribution in [3.63, 3.8) is 0 Å². The normalized spacial score (nSPS) is 10.8. The van der Waals surface area contributed by atoms with Crippen LogP contribution in [0.1, 0.15) is 43.6 Å². The molecular formula is C13H22N6O3. The summed E-state index contributed by atoms with van der Waals surface area (Å²) < 4.78 is 5.44. The molecule has 2 heterocycles. The van der Waals surface area contributed by atoms with Gasteiger partial charge in [0.25, 0.3) is 5.97 Å². The Balaban J connectivity index is 0.000000541. The molecule has 2 aromatic rings. The standard InChI is InChI=1S/C11H18N6O.C2H4O2/c1-6-8(7(2)15-14-6)5-13-10-17-16-9(18-10)11(3,4)12;1-2(3)4/h5,12H2,1-4H3,(H,13,17)(H,14,15);1H3,(H,3,4). The Morgan fingerprint density at radius 1 is 1.41 bits per heavy atom. The number of nitrogens with zero attached hydrogens (tertiary/aromatic N) is 3. The molecule has 0 aliphatic heterocycles. The van der Waals surface area contributed by atoms with Crippen LogP contribution in [0, 0.1) is 13.8 Å². The molecule has 122 valence electrons. The lowest BCUT2D eigenvalue weighted by Gasteiger charge is -2.11. The lowest BCUT2D eigenvalue weighted by Crippen LogP contribution is -2.29. The van der Waals surface area contributed by atoms with E-state index in [1.165, 1.54) is 0 Å². The molecule has 0 saturated carbocycles. The minimum Gasteiger partial charge on any atom is -0.481 e. The van der Waals surface area contributed by atoms with Gasteiger partial charge in [0.05, 0.1) is 11.2 Å². The molecule has 5 N–H and O–H groups in total. The van der Waals surface area contributed by atoms with Gasteiger partial charge in [0.2, 0.25) is 5.89 Å². The summed E-state index contributed by atoms with van der Waals surface area (Å²) in [6.45, 7) is 9.21. The molecule has 0 aromatic carbocycles. The highest BCUT2D eigenvalue weighted by atomic mass is 16.4. The van der Waals surface area contributed by atoms with Crippen LogP contribution in [0.2, 0.25) is 0 Å². The predicted molar refractivity (Wildman–Crippen MR) is 80.2 cm³/mol. The third-order valence-corrected chi connectivity index (χ3v) is 2.67. The number of anilines is 1. The molecule has 0 atom stereocenters. The van der Waals surface area contributed by atoms with Crippen LogP contribution in [0.3, 0.4) is 0 Å². The van der Waals surface area contributed by atoms with Gasteiger partial charge in [0.15, 0.2) is 0 Å². The van der Waals surface area contributed by atoms with Gasteiger partial charge < -0.3 is 20.6 Å². The Bertz CT molecular complexity index is 602. The fourth-order valence-electron chi connectivity index (χ4n) is 1.55. The molecular weight excluding hydrogens is 288 g/mol.